The Bertz CT molecular complexity index is 1490. The van der Waals surface area contributed by atoms with Gasteiger partial charge in [0.15, 0.2) is 11.0 Å². The van der Waals surface area contributed by atoms with Crippen LogP contribution >= 0.6 is 23.1 Å². The van der Waals surface area contributed by atoms with Crippen molar-refractivity contribution in [2.24, 2.45) is 0 Å². The molecule has 2 aromatic carbocycles. The molecule has 0 aliphatic heterocycles. The summed E-state index contributed by atoms with van der Waals surface area (Å²) in [5, 5.41) is 17.2. The second-order valence-electron chi connectivity index (χ2n) is 9.03. The molecule has 1 aliphatic carbocycles. The summed E-state index contributed by atoms with van der Waals surface area (Å²) < 4.78 is 7.22. The maximum Gasteiger partial charge on any atom is 0.256 e. The van der Waals surface area contributed by atoms with Crippen molar-refractivity contribution in [2.45, 2.75) is 37.4 Å². The van der Waals surface area contributed by atoms with Crippen molar-refractivity contribution in [1.82, 2.24) is 14.8 Å². The number of thiophene rings is 1. The summed E-state index contributed by atoms with van der Waals surface area (Å²) >= 11 is 2.98. The third-order valence-electron chi connectivity index (χ3n) is 6.45. The van der Waals surface area contributed by atoms with E-state index in [9.17, 15) is 9.59 Å². The molecule has 5 rings (SSSR count). The van der Waals surface area contributed by atoms with E-state index in [-0.39, 0.29) is 17.6 Å². The van der Waals surface area contributed by atoms with Crippen molar-refractivity contribution in [1.29, 1.82) is 0 Å². The molecule has 0 bridgehead atoms. The van der Waals surface area contributed by atoms with E-state index in [1.807, 2.05) is 46.3 Å². The predicted octanol–water partition coefficient (Wildman–Crippen LogP) is 6.06. The van der Waals surface area contributed by atoms with E-state index in [4.69, 9.17) is 4.74 Å². The minimum atomic E-state index is -0.175. The fourth-order valence-corrected chi connectivity index (χ4v) is 6.43. The lowest BCUT2D eigenvalue weighted by atomic mass is 9.95. The molecule has 0 fully saturated rings. The van der Waals surface area contributed by atoms with Crippen molar-refractivity contribution in [3.05, 3.63) is 82.6 Å². The molecule has 0 saturated heterocycles. The molecule has 8 nitrogen and oxygen atoms in total. The monoisotopic (exact) mass is 559 g/mol. The first kappa shape index (κ1) is 26.7. The van der Waals surface area contributed by atoms with Crippen LogP contribution in [0.15, 0.2) is 71.7 Å². The lowest BCUT2D eigenvalue weighted by molar-refractivity contribution is -0.113. The molecule has 0 saturated carbocycles. The number of aryl methyl sites for hydroxylation is 1. The predicted molar refractivity (Wildman–Crippen MR) is 157 cm³/mol. The summed E-state index contributed by atoms with van der Waals surface area (Å²) in [5.41, 5.74) is 4.18. The van der Waals surface area contributed by atoms with Gasteiger partial charge in [-0.3, -0.25) is 14.2 Å². The molecule has 10 heteroatoms. The number of para-hydroxylation sites is 2. The number of nitrogens with one attached hydrogen (secondary N) is 2. The number of hydrogen-bond donors (Lipinski definition) is 2. The van der Waals surface area contributed by atoms with Crippen LogP contribution < -0.4 is 15.4 Å². The zero-order valence-electron chi connectivity index (χ0n) is 21.6. The second-order valence-corrected chi connectivity index (χ2v) is 10.9. The number of amides is 2. The van der Waals surface area contributed by atoms with Gasteiger partial charge in [-0.2, -0.15) is 0 Å². The third-order valence-corrected chi connectivity index (χ3v) is 8.50. The first-order valence-corrected chi connectivity index (χ1v) is 14.5. The highest BCUT2D eigenvalue weighted by molar-refractivity contribution is 7.99. The normalized spacial score (nSPS) is 12.4. The minimum absolute atomic E-state index is 0.0675. The van der Waals surface area contributed by atoms with Crippen LogP contribution in [0.1, 0.15) is 33.6 Å². The molecule has 0 radical (unpaired) electrons. The summed E-state index contributed by atoms with van der Waals surface area (Å²) in [5.74, 6) is 1.17. The lowest BCUT2D eigenvalue weighted by Crippen LogP contribution is -2.15. The van der Waals surface area contributed by atoms with Gasteiger partial charge in [0.2, 0.25) is 5.91 Å². The number of fused-ring (bicyclic) bond motifs is 1. The van der Waals surface area contributed by atoms with Gasteiger partial charge in [-0.05, 0) is 67.6 Å². The highest BCUT2D eigenvalue weighted by Gasteiger charge is 2.21. The number of methoxy groups -OCH3 is 1. The number of ether oxygens (including phenoxy) is 1. The minimum Gasteiger partial charge on any atom is -0.495 e. The number of benzene rings is 2. The van der Waals surface area contributed by atoms with Gasteiger partial charge in [0, 0.05) is 28.1 Å². The average molecular weight is 560 g/mol. The van der Waals surface area contributed by atoms with Gasteiger partial charge in [-0.25, -0.2) is 0 Å². The molecular formula is C29H29N5O3S2. The topological polar surface area (TPSA) is 98.1 Å². The summed E-state index contributed by atoms with van der Waals surface area (Å²) in [7, 11) is 1.57. The van der Waals surface area contributed by atoms with Crippen LogP contribution in [0.4, 0.5) is 11.4 Å². The highest BCUT2D eigenvalue weighted by Crippen LogP contribution is 2.31. The number of carbonyl (C=O) groups excluding carboxylic acids is 2. The highest BCUT2D eigenvalue weighted by atomic mass is 32.2. The van der Waals surface area contributed by atoms with E-state index in [0.717, 1.165) is 36.1 Å². The molecule has 2 N–H and O–H groups in total. The van der Waals surface area contributed by atoms with E-state index in [1.54, 1.807) is 36.7 Å². The molecule has 0 spiro atoms. The van der Waals surface area contributed by atoms with E-state index in [0.29, 0.717) is 29.0 Å². The number of hydrogen-bond acceptors (Lipinski definition) is 7. The molecule has 2 amide bonds. The Labute approximate surface area is 235 Å². The van der Waals surface area contributed by atoms with Crippen molar-refractivity contribution >= 4 is 46.3 Å². The molecule has 4 aromatic rings. The molecule has 1 aliphatic rings. The summed E-state index contributed by atoms with van der Waals surface area (Å²) in [6.45, 7) is 4.34. The van der Waals surface area contributed by atoms with Crippen LogP contribution in [0.5, 0.6) is 5.75 Å². The van der Waals surface area contributed by atoms with Gasteiger partial charge in [0.05, 0.1) is 24.1 Å². The maximum atomic E-state index is 12.9. The van der Waals surface area contributed by atoms with Crippen LogP contribution in [-0.4, -0.2) is 39.4 Å². The number of rotatable bonds is 10. The Hall–Kier alpha value is -3.89. The van der Waals surface area contributed by atoms with E-state index in [2.05, 4.69) is 27.4 Å². The Morgan fingerprint density at radius 2 is 1.90 bits per heavy atom. The fraction of sp³-hybridized carbons (Fsp3) is 0.241. The Morgan fingerprint density at radius 3 is 2.69 bits per heavy atom. The zero-order valence-corrected chi connectivity index (χ0v) is 23.2. The smallest absolute Gasteiger partial charge is 0.256 e. The third kappa shape index (κ3) is 6.07. The summed E-state index contributed by atoms with van der Waals surface area (Å²) in [4.78, 5) is 26.9. The summed E-state index contributed by atoms with van der Waals surface area (Å²) in [6.07, 6.45) is 6.14. The maximum absolute atomic E-state index is 12.9. The van der Waals surface area contributed by atoms with Gasteiger partial charge < -0.3 is 15.4 Å². The average Bonchev–Trinajstić information content (AvgIpc) is 3.57. The van der Waals surface area contributed by atoms with E-state index < -0.39 is 0 Å². The molecule has 2 aromatic heterocycles. The number of aromatic nitrogens is 3. The van der Waals surface area contributed by atoms with Crippen molar-refractivity contribution < 1.29 is 14.3 Å². The van der Waals surface area contributed by atoms with Gasteiger partial charge in [0.25, 0.3) is 5.91 Å². The van der Waals surface area contributed by atoms with Crippen LogP contribution in [-0.2, 0) is 24.2 Å². The van der Waals surface area contributed by atoms with Crippen LogP contribution in [0.3, 0.4) is 0 Å². The summed E-state index contributed by atoms with van der Waals surface area (Å²) in [6, 6.07) is 14.8. The molecule has 0 atom stereocenters. The SMILES string of the molecule is C=CCn1c(SCC(=O)Nc2ccccc2OC)nnc1-c1ccc(NC(=O)c2csc3c2CCCC3)cc1. The van der Waals surface area contributed by atoms with Crippen LogP contribution in [0.2, 0.25) is 0 Å². The molecule has 200 valence electrons. The van der Waals surface area contributed by atoms with Crippen LogP contribution in [0, 0.1) is 0 Å². The number of thioether (sulfide) groups is 1. The van der Waals surface area contributed by atoms with Crippen LogP contribution in [0.25, 0.3) is 11.4 Å². The molecule has 39 heavy (non-hydrogen) atoms. The second kappa shape index (κ2) is 12.3. The molecule has 0 unspecified atom stereocenters. The first-order valence-electron chi connectivity index (χ1n) is 12.7. The Kier molecular flexibility index (Phi) is 8.43. The molecule has 2 heterocycles. The number of carbonyl (C=O) groups is 2. The zero-order chi connectivity index (χ0) is 27.2. The van der Waals surface area contributed by atoms with Gasteiger partial charge in [-0.1, -0.05) is 30.0 Å². The van der Waals surface area contributed by atoms with E-state index in [1.165, 1.54) is 28.6 Å². The van der Waals surface area contributed by atoms with E-state index >= 15 is 0 Å². The molecular weight excluding hydrogens is 530 g/mol. The lowest BCUT2D eigenvalue weighted by Gasteiger charge is -2.13. The van der Waals surface area contributed by atoms with Crippen molar-refractivity contribution in [3.63, 3.8) is 0 Å². The number of allylic oxidation sites excluding steroid dienone is 1. The van der Waals surface area contributed by atoms with Crippen molar-refractivity contribution in [3.8, 4) is 17.1 Å². The standard InChI is InChI=1S/C29H29N5O3S2/c1-3-16-34-27(32-33-29(34)39-18-26(35)31-23-9-5-6-10-24(23)37-2)19-12-14-20(15-13-19)30-28(36)22-17-38-25-11-7-4-8-21(22)25/h3,5-6,9-10,12-15,17H,1,4,7-8,11,16,18H2,2H3,(H,30,36)(H,31,35). The Morgan fingerprint density at radius 1 is 1.10 bits per heavy atom. The first-order chi connectivity index (χ1) is 19.1. The quantitative estimate of drug-likeness (QED) is 0.181. The Balaban J connectivity index is 1.25. The number of anilines is 2. The largest absolute Gasteiger partial charge is 0.495 e. The fourth-order valence-electron chi connectivity index (χ4n) is 4.55. The van der Waals surface area contributed by atoms with Gasteiger partial charge in [0.1, 0.15) is 5.75 Å². The number of nitrogens with zero attached hydrogens (tertiary/aromatic N) is 3. The van der Waals surface area contributed by atoms with Crippen molar-refractivity contribution in [2.75, 3.05) is 23.5 Å². The van der Waals surface area contributed by atoms with Gasteiger partial charge in [-0.15, -0.1) is 28.1 Å². The van der Waals surface area contributed by atoms with Gasteiger partial charge >= 0.3 is 0 Å².